The molecule has 0 heterocycles. The fraction of sp³-hybridized carbons (Fsp3) is 0.455. The number of hydrogen-bond donors (Lipinski definition) is 0. The van der Waals surface area contributed by atoms with Crippen LogP contribution in [0.5, 0.6) is 5.75 Å². The van der Waals surface area contributed by atoms with Gasteiger partial charge in [0.1, 0.15) is 5.75 Å². The minimum absolute atomic E-state index is 0.0551. The first-order chi connectivity index (χ1) is 7.15. The normalized spacial score (nSPS) is 10.7. The van der Waals surface area contributed by atoms with Crippen LogP contribution in [0.1, 0.15) is 31.8 Å². The highest BCUT2D eigenvalue weighted by Crippen LogP contribution is 2.31. The van der Waals surface area contributed by atoms with Crippen molar-refractivity contribution in [2.45, 2.75) is 26.2 Å². The Kier molecular flexibility index (Phi) is 5.02. The fourth-order valence-electron chi connectivity index (χ4n) is 1.15. The average molecular weight is 279 g/mol. The molecule has 0 aliphatic heterocycles. The van der Waals surface area contributed by atoms with E-state index in [0.29, 0.717) is 11.1 Å². The summed E-state index contributed by atoms with van der Waals surface area (Å²) in [5.74, 6) is 0.279. The minimum Gasteiger partial charge on any atom is -0.493 e. The van der Waals surface area contributed by atoms with Gasteiger partial charge in [-0.25, -0.2) is 8.78 Å². The molecule has 0 aliphatic rings. The zero-order valence-electron chi connectivity index (χ0n) is 8.47. The summed E-state index contributed by atoms with van der Waals surface area (Å²) in [6.45, 7) is 2.51. The highest BCUT2D eigenvalue weighted by atomic mass is 79.9. The summed E-state index contributed by atoms with van der Waals surface area (Å²) in [4.78, 5) is 0. The summed E-state index contributed by atoms with van der Waals surface area (Å²) in [6, 6.07) is 4.67. The molecule has 0 atom stereocenters. The molecule has 0 saturated carbocycles. The third kappa shape index (κ3) is 3.78. The molecule has 1 aromatic rings. The van der Waals surface area contributed by atoms with E-state index in [4.69, 9.17) is 4.74 Å². The number of hydrogen-bond acceptors (Lipinski definition) is 1. The van der Waals surface area contributed by atoms with E-state index in [-0.39, 0.29) is 11.3 Å². The van der Waals surface area contributed by atoms with Gasteiger partial charge in [0.05, 0.1) is 12.2 Å². The zero-order valence-corrected chi connectivity index (χ0v) is 10.1. The standard InChI is InChI=1S/C11H13BrF2O/c1-2-3-6-15-10-5-4-8(12)7-9(10)11(13)14/h4-5,7,11H,2-3,6H2,1H3. The summed E-state index contributed by atoms with van der Waals surface area (Å²) >= 11 is 3.16. The lowest BCUT2D eigenvalue weighted by atomic mass is 10.2. The molecule has 1 nitrogen and oxygen atoms in total. The predicted octanol–water partition coefficient (Wildman–Crippen LogP) is 4.57. The van der Waals surface area contributed by atoms with Crippen LogP contribution in [0.3, 0.4) is 0 Å². The Bertz CT molecular complexity index is 315. The summed E-state index contributed by atoms with van der Waals surface area (Å²) in [5, 5.41) is 0. The van der Waals surface area contributed by atoms with Crippen LogP contribution in [0.2, 0.25) is 0 Å². The second-order valence-corrected chi connectivity index (χ2v) is 4.10. The van der Waals surface area contributed by atoms with E-state index in [0.717, 1.165) is 12.8 Å². The summed E-state index contributed by atoms with van der Waals surface area (Å²) < 4.78 is 31.2. The van der Waals surface area contributed by atoms with Crippen molar-refractivity contribution < 1.29 is 13.5 Å². The van der Waals surface area contributed by atoms with Gasteiger partial charge in [0.15, 0.2) is 0 Å². The number of halogens is 3. The molecule has 0 saturated heterocycles. The Morgan fingerprint density at radius 2 is 2.13 bits per heavy atom. The fourth-order valence-corrected chi connectivity index (χ4v) is 1.53. The van der Waals surface area contributed by atoms with Crippen molar-refractivity contribution in [3.8, 4) is 5.75 Å². The number of unbranched alkanes of at least 4 members (excludes halogenated alkanes) is 1. The van der Waals surface area contributed by atoms with Gasteiger partial charge in [-0.3, -0.25) is 0 Å². The van der Waals surface area contributed by atoms with Crippen molar-refractivity contribution in [3.63, 3.8) is 0 Å². The quantitative estimate of drug-likeness (QED) is 0.717. The molecule has 0 spiro atoms. The lowest BCUT2D eigenvalue weighted by Crippen LogP contribution is -2.00. The molecule has 4 heteroatoms. The SMILES string of the molecule is CCCCOc1ccc(Br)cc1C(F)F. The molecular formula is C11H13BrF2O. The molecule has 0 unspecified atom stereocenters. The molecule has 0 aliphatic carbocycles. The Morgan fingerprint density at radius 1 is 1.40 bits per heavy atom. The van der Waals surface area contributed by atoms with E-state index in [2.05, 4.69) is 15.9 Å². The molecule has 0 N–H and O–H groups in total. The van der Waals surface area contributed by atoms with Gasteiger partial charge in [-0.1, -0.05) is 29.3 Å². The third-order valence-corrected chi connectivity index (χ3v) is 2.46. The van der Waals surface area contributed by atoms with Gasteiger partial charge in [-0.15, -0.1) is 0 Å². The Morgan fingerprint density at radius 3 is 2.73 bits per heavy atom. The van der Waals surface area contributed by atoms with Crippen molar-refractivity contribution in [3.05, 3.63) is 28.2 Å². The summed E-state index contributed by atoms with van der Waals surface area (Å²) in [5.41, 5.74) is -0.0551. The van der Waals surface area contributed by atoms with Crippen LogP contribution in [-0.2, 0) is 0 Å². The van der Waals surface area contributed by atoms with E-state index in [1.54, 1.807) is 12.1 Å². The zero-order chi connectivity index (χ0) is 11.3. The molecule has 0 bridgehead atoms. The molecule has 1 aromatic carbocycles. The summed E-state index contributed by atoms with van der Waals surface area (Å²) in [6.07, 6.45) is -0.640. The largest absolute Gasteiger partial charge is 0.493 e. The molecule has 84 valence electrons. The van der Waals surface area contributed by atoms with Gasteiger partial charge in [0.2, 0.25) is 0 Å². The molecule has 0 amide bonds. The molecule has 0 radical (unpaired) electrons. The van der Waals surface area contributed by atoms with Gasteiger partial charge in [-0.2, -0.15) is 0 Å². The van der Waals surface area contributed by atoms with Gasteiger partial charge < -0.3 is 4.74 Å². The maximum absolute atomic E-state index is 12.6. The van der Waals surface area contributed by atoms with Crippen LogP contribution >= 0.6 is 15.9 Å². The number of ether oxygens (including phenoxy) is 1. The second kappa shape index (κ2) is 6.05. The minimum atomic E-state index is -2.50. The van der Waals surface area contributed by atoms with Crippen molar-refractivity contribution in [2.75, 3.05) is 6.61 Å². The number of rotatable bonds is 5. The maximum atomic E-state index is 12.6. The highest BCUT2D eigenvalue weighted by Gasteiger charge is 2.14. The van der Waals surface area contributed by atoms with E-state index < -0.39 is 6.43 Å². The van der Waals surface area contributed by atoms with Gasteiger partial charge in [-0.05, 0) is 24.6 Å². The van der Waals surface area contributed by atoms with E-state index in [9.17, 15) is 8.78 Å². The lowest BCUT2D eigenvalue weighted by Gasteiger charge is -2.10. The van der Waals surface area contributed by atoms with Crippen molar-refractivity contribution in [1.29, 1.82) is 0 Å². The van der Waals surface area contributed by atoms with E-state index in [1.807, 2.05) is 6.92 Å². The van der Waals surface area contributed by atoms with Crippen molar-refractivity contribution in [1.82, 2.24) is 0 Å². The van der Waals surface area contributed by atoms with Gasteiger partial charge >= 0.3 is 0 Å². The first-order valence-electron chi connectivity index (χ1n) is 4.85. The molecule has 0 fully saturated rings. The third-order valence-electron chi connectivity index (χ3n) is 1.96. The highest BCUT2D eigenvalue weighted by molar-refractivity contribution is 9.10. The monoisotopic (exact) mass is 278 g/mol. The average Bonchev–Trinajstić information content (AvgIpc) is 2.20. The first kappa shape index (κ1) is 12.4. The van der Waals surface area contributed by atoms with E-state index in [1.165, 1.54) is 6.07 Å². The number of alkyl halides is 2. The molecule has 0 aromatic heterocycles. The van der Waals surface area contributed by atoms with E-state index >= 15 is 0 Å². The topological polar surface area (TPSA) is 9.23 Å². The van der Waals surface area contributed by atoms with Crippen molar-refractivity contribution in [2.24, 2.45) is 0 Å². The predicted molar refractivity (Wildman–Crippen MR) is 59.5 cm³/mol. The van der Waals surface area contributed by atoms with Crippen LogP contribution in [0.25, 0.3) is 0 Å². The van der Waals surface area contributed by atoms with Crippen LogP contribution in [0, 0.1) is 0 Å². The second-order valence-electron chi connectivity index (χ2n) is 3.18. The lowest BCUT2D eigenvalue weighted by molar-refractivity contribution is 0.145. The van der Waals surface area contributed by atoms with Crippen LogP contribution in [0.15, 0.2) is 22.7 Å². The van der Waals surface area contributed by atoms with Gasteiger partial charge in [0.25, 0.3) is 6.43 Å². The smallest absolute Gasteiger partial charge is 0.267 e. The van der Waals surface area contributed by atoms with Crippen LogP contribution in [0.4, 0.5) is 8.78 Å². The first-order valence-corrected chi connectivity index (χ1v) is 5.65. The molecule has 15 heavy (non-hydrogen) atoms. The molecular weight excluding hydrogens is 266 g/mol. The Hall–Kier alpha value is -0.640. The van der Waals surface area contributed by atoms with Crippen LogP contribution < -0.4 is 4.74 Å². The van der Waals surface area contributed by atoms with Gasteiger partial charge in [0, 0.05) is 4.47 Å². The Balaban J connectivity index is 2.77. The summed E-state index contributed by atoms with van der Waals surface area (Å²) in [7, 11) is 0. The molecule has 1 rings (SSSR count). The maximum Gasteiger partial charge on any atom is 0.267 e. The Labute approximate surface area is 96.6 Å². The van der Waals surface area contributed by atoms with Crippen LogP contribution in [-0.4, -0.2) is 6.61 Å². The van der Waals surface area contributed by atoms with Crippen molar-refractivity contribution >= 4 is 15.9 Å². The number of benzene rings is 1.